The van der Waals surface area contributed by atoms with E-state index in [0.717, 1.165) is 19.0 Å². The van der Waals surface area contributed by atoms with Crippen LogP contribution < -0.4 is 10.6 Å². The van der Waals surface area contributed by atoms with Gasteiger partial charge < -0.3 is 10.6 Å². The summed E-state index contributed by atoms with van der Waals surface area (Å²) in [5, 5.41) is 6.24. The Morgan fingerprint density at radius 1 is 1.47 bits per heavy atom. The lowest BCUT2D eigenvalue weighted by Gasteiger charge is -2.16. The van der Waals surface area contributed by atoms with Crippen LogP contribution in [0.4, 0.5) is 5.82 Å². The topological polar surface area (TPSA) is 54.0 Å². The van der Waals surface area contributed by atoms with Crippen molar-refractivity contribution in [2.45, 2.75) is 32.6 Å². The van der Waals surface area contributed by atoms with Gasteiger partial charge in [0.05, 0.1) is 5.56 Å². The first-order valence-corrected chi connectivity index (χ1v) is 7.22. The van der Waals surface area contributed by atoms with E-state index in [0.29, 0.717) is 16.8 Å². The van der Waals surface area contributed by atoms with Gasteiger partial charge in [0.25, 0.3) is 5.91 Å². The van der Waals surface area contributed by atoms with E-state index in [1.54, 1.807) is 6.20 Å². The third kappa shape index (κ3) is 2.57. The molecule has 0 radical (unpaired) electrons. The van der Waals surface area contributed by atoms with Crippen LogP contribution in [0.5, 0.6) is 0 Å². The molecule has 1 amide bonds. The Labute approximate surface area is 114 Å². The monoisotopic (exact) mass is 259 g/mol. The molecule has 3 rings (SSSR count). The largest absolute Gasteiger partial charge is 0.370 e. The Balaban J connectivity index is 1.63. The molecule has 0 spiro atoms. The lowest BCUT2D eigenvalue weighted by Crippen LogP contribution is -2.31. The molecule has 4 nitrogen and oxygen atoms in total. The Hall–Kier alpha value is -1.58. The smallest absolute Gasteiger partial charge is 0.255 e. The molecule has 2 fully saturated rings. The zero-order chi connectivity index (χ0) is 13.3. The van der Waals surface area contributed by atoms with Crippen molar-refractivity contribution in [3.63, 3.8) is 0 Å². The zero-order valence-corrected chi connectivity index (χ0v) is 11.4. The summed E-state index contributed by atoms with van der Waals surface area (Å²) in [6.07, 6.45) is 6.98. The van der Waals surface area contributed by atoms with E-state index < -0.39 is 0 Å². The summed E-state index contributed by atoms with van der Waals surface area (Å²) < 4.78 is 0. The summed E-state index contributed by atoms with van der Waals surface area (Å²) in [5.74, 6) is 1.55. The predicted octanol–water partition coefficient (Wildman–Crippen LogP) is 2.43. The Morgan fingerprint density at radius 3 is 2.89 bits per heavy atom. The highest BCUT2D eigenvalue weighted by molar-refractivity contribution is 5.98. The second kappa shape index (κ2) is 4.83. The van der Waals surface area contributed by atoms with Crippen LogP contribution in [0.2, 0.25) is 0 Å². The summed E-state index contributed by atoms with van der Waals surface area (Å²) in [6, 6.07) is 3.64. The van der Waals surface area contributed by atoms with Gasteiger partial charge in [0.2, 0.25) is 0 Å². The number of anilines is 1. The molecule has 0 atom stereocenters. The Morgan fingerprint density at radius 2 is 2.26 bits per heavy atom. The molecular formula is C15H21N3O. The van der Waals surface area contributed by atoms with Crippen LogP contribution in [0.1, 0.15) is 43.0 Å². The maximum absolute atomic E-state index is 12.3. The van der Waals surface area contributed by atoms with Crippen LogP contribution in [0, 0.1) is 11.3 Å². The molecule has 4 heteroatoms. The van der Waals surface area contributed by atoms with Gasteiger partial charge in [-0.05, 0) is 56.1 Å². The van der Waals surface area contributed by atoms with Gasteiger partial charge in [-0.2, -0.15) is 0 Å². The van der Waals surface area contributed by atoms with Crippen molar-refractivity contribution in [1.82, 2.24) is 10.3 Å². The maximum atomic E-state index is 12.3. The van der Waals surface area contributed by atoms with Crippen LogP contribution in [0.3, 0.4) is 0 Å². The molecule has 0 aromatic carbocycles. The van der Waals surface area contributed by atoms with E-state index in [-0.39, 0.29) is 5.91 Å². The minimum absolute atomic E-state index is 0.00373. The molecule has 2 N–H and O–H groups in total. The fraction of sp³-hybridized carbons (Fsp3) is 0.600. The fourth-order valence-electron chi connectivity index (χ4n) is 2.83. The third-order valence-corrected chi connectivity index (χ3v) is 4.33. The Bertz CT molecular complexity index is 478. The minimum Gasteiger partial charge on any atom is -0.370 e. The van der Waals surface area contributed by atoms with Crippen molar-refractivity contribution in [3.8, 4) is 0 Å². The maximum Gasteiger partial charge on any atom is 0.255 e. The van der Waals surface area contributed by atoms with Crippen LogP contribution in [-0.4, -0.2) is 24.0 Å². The molecular weight excluding hydrogens is 238 g/mol. The predicted molar refractivity (Wildman–Crippen MR) is 75.1 cm³/mol. The number of aromatic nitrogens is 1. The zero-order valence-electron chi connectivity index (χ0n) is 11.4. The summed E-state index contributed by atoms with van der Waals surface area (Å²) in [5.41, 5.74) is 1.09. The first-order chi connectivity index (χ1) is 9.25. The Kier molecular flexibility index (Phi) is 3.17. The molecule has 1 aromatic rings. The third-order valence-electron chi connectivity index (χ3n) is 4.33. The van der Waals surface area contributed by atoms with Crippen molar-refractivity contribution < 1.29 is 4.79 Å². The van der Waals surface area contributed by atoms with Crippen molar-refractivity contribution in [2.75, 3.05) is 18.4 Å². The molecule has 0 aliphatic heterocycles. The second-order valence-electron chi connectivity index (χ2n) is 5.75. The average molecular weight is 259 g/mol. The average Bonchev–Trinajstić information content (AvgIpc) is 3.29. The van der Waals surface area contributed by atoms with Crippen LogP contribution in [0.25, 0.3) is 0 Å². The first kappa shape index (κ1) is 12.5. The van der Waals surface area contributed by atoms with Crippen molar-refractivity contribution >= 4 is 11.7 Å². The van der Waals surface area contributed by atoms with E-state index in [2.05, 4.69) is 15.6 Å². The molecule has 1 aromatic heterocycles. The fourth-order valence-corrected chi connectivity index (χ4v) is 2.83. The lowest BCUT2D eigenvalue weighted by atomic mass is 10.0. The summed E-state index contributed by atoms with van der Waals surface area (Å²) >= 11 is 0. The molecule has 2 saturated carbocycles. The number of nitrogens with zero attached hydrogens (tertiary/aromatic N) is 1. The molecule has 102 valence electrons. The van der Waals surface area contributed by atoms with E-state index in [1.165, 1.54) is 25.7 Å². The number of hydrogen-bond acceptors (Lipinski definition) is 3. The van der Waals surface area contributed by atoms with E-state index in [4.69, 9.17) is 0 Å². The normalized spacial score (nSPS) is 19.8. The highest BCUT2D eigenvalue weighted by Crippen LogP contribution is 2.60. The van der Waals surface area contributed by atoms with Gasteiger partial charge in [-0.1, -0.05) is 0 Å². The van der Waals surface area contributed by atoms with Crippen LogP contribution in [0.15, 0.2) is 18.3 Å². The van der Waals surface area contributed by atoms with Crippen molar-refractivity contribution in [3.05, 3.63) is 23.9 Å². The van der Waals surface area contributed by atoms with Gasteiger partial charge in [-0.25, -0.2) is 4.98 Å². The highest BCUT2D eigenvalue weighted by Gasteiger charge is 2.53. The molecule has 0 saturated heterocycles. The highest BCUT2D eigenvalue weighted by atomic mass is 16.1. The SMILES string of the molecule is CCNc1ncccc1C(=O)NCC1(C2CC2)CC1. The molecule has 0 bridgehead atoms. The standard InChI is InChI=1S/C15H21N3O/c1-2-16-13-12(4-3-9-17-13)14(19)18-10-15(7-8-15)11-5-6-11/h3-4,9,11H,2,5-8,10H2,1H3,(H,16,17)(H,18,19). The molecule has 19 heavy (non-hydrogen) atoms. The number of carbonyl (C=O) groups is 1. The summed E-state index contributed by atoms with van der Waals surface area (Å²) in [4.78, 5) is 16.5. The summed E-state index contributed by atoms with van der Waals surface area (Å²) in [7, 11) is 0. The van der Waals surface area contributed by atoms with Crippen molar-refractivity contribution in [2.24, 2.45) is 11.3 Å². The number of hydrogen-bond donors (Lipinski definition) is 2. The molecule has 1 heterocycles. The number of nitrogens with one attached hydrogen (secondary N) is 2. The number of amides is 1. The van der Waals surface area contributed by atoms with Crippen LogP contribution in [-0.2, 0) is 0 Å². The van der Waals surface area contributed by atoms with E-state index in [1.807, 2.05) is 19.1 Å². The first-order valence-electron chi connectivity index (χ1n) is 7.22. The van der Waals surface area contributed by atoms with Gasteiger partial charge in [-0.3, -0.25) is 4.79 Å². The second-order valence-corrected chi connectivity index (χ2v) is 5.75. The lowest BCUT2D eigenvalue weighted by molar-refractivity contribution is 0.0943. The van der Waals surface area contributed by atoms with E-state index in [9.17, 15) is 4.79 Å². The number of rotatable bonds is 6. The number of pyridine rings is 1. The van der Waals surface area contributed by atoms with Gasteiger partial charge in [-0.15, -0.1) is 0 Å². The minimum atomic E-state index is -0.00373. The van der Waals surface area contributed by atoms with Gasteiger partial charge >= 0.3 is 0 Å². The van der Waals surface area contributed by atoms with Gasteiger partial charge in [0.15, 0.2) is 0 Å². The van der Waals surface area contributed by atoms with Crippen molar-refractivity contribution in [1.29, 1.82) is 0 Å². The van der Waals surface area contributed by atoms with Crippen LogP contribution >= 0.6 is 0 Å². The van der Waals surface area contributed by atoms with E-state index >= 15 is 0 Å². The van der Waals surface area contributed by atoms with Gasteiger partial charge in [0.1, 0.15) is 5.82 Å². The molecule has 2 aliphatic rings. The van der Waals surface area contributed by atoms with Gasteiger partial charge in [0, 0.05) is 19.3 Å². The molecule has 0 unspecified atom stereocenters. The summed E-state index contributed by atoms with van der Waals surface area (Å²) in [6.45, 7) is 3.60. The quantitative estimate of drug-likeness (QED) is 0.825. The molecule has 2 aliphatic carbocycles. The number of carbonyl (C=O) groups excluding carboxylic acids is 1.